The zero-order valence-electron chi connectivity index (χ0n) is 9.39. The molecule has 0 saturated carbocycles. The summed E-state index contributed by atoms with van der Waals surface area (Å²) in [7, 11) is 1.97. The Labute approximate surface area is 108 Å². The molecule has 0 spiro atoms. The van der Waals surface area contributed by atoms with E-state index in [1.807, 2.05) is 36.0 Å². The van der Waals surface area contributed by atoms with E-state index in [-0.39, 0.29) is 0 Å². The number of fused-ring (bicyclic) bond motifs is 1. The molecule has 0 amide bonds. The number of hydrogen-bond acceptors (Lipinski definition) is 1. The number of halogens is 1. The first-order chi connectivity index (χ1) is 8.27. The molecule has 0 unspecified atom stereocenters. The summed E-state index contributed by atoms with van der Waals surface area (Å²) < 4.78 is 3.00. The molecule has 0 saturated heterocycles. The second kappa shape index (κ2) is 4.00. The van der Waals surface area contributed by atoms with Crippen molar-refractivity contribution >= 4 is 26.8 Å². The van der Waals surface area contributed by atoms with Crippen LogP contribution in [-0.2, 0) is 7.05 Å². The molecule has 3 heteroatoms. The highest BCUT2D eigenvalue weighted by molar-refractivity contribution is 9.10. The molecule has 0 radical (unpaired) electrons. The van der Waals surface area contributed by atoms with Crippen LogP contribution < -0.4 is 0 Å². The molecular weight excluding hydrogens is 276 g/mol. The van der Waals surface area contributed by atoms with Crippen molar-refractivity contribution in [1.82, 2.24) is 9.78 Å². The second-order valence-corrected chi connectivity index (χ2v) is 4.83. The molecule has 1 heterocycles. The predicted molar refractivity (Wildman–Crippen MR) is 73.9 cm³/mol. The summed E-state index contributed by atoms with van der Waals surface area (Å²) in [5, 5.41) is 5.78. The minimum Gasteiger partial charge on any atom is -0.267 e. The number of nitrogens with zero attached hydrogens (tertiary/aromatic N) is 2. The standard InChI is InChI=1S/C14H11BrN2/c1-17-12-9-5-8-11(15)13(12)14(16-17)10-6-3-2-4-7-10/h2-9H,1H3. The third-order valence-corrected chi connectivity index (χ3v) is 3.54. The summed E-state index contributed by atoms with van der Waals surface area (Å²) in [5.41, 5.74) is 3.30. The van der Waals surface area contributed by atoms with Crippen molar-refractivity contribution in [3.8, 4) is 11.3 Å². The molecule has 0 N–H and O–H groups in total. The fourth-order valence-electron chi connectivity index (χ4n) is 2.07. The summed E-state index contributed by atoms with van der Waals surface area (Å²) in [6.45, 7) is 0. The largest absolute Gasteiger partial charge is 0.267 e. The molecule has 0 bridgehead atoms. The van der Waals surface area contributed by atoms with E-state index in [0.29, 0.717) is 0 Å². The van der Waals surface area contributed by atoms with Gasteiger partial charge in [-0.3, -0.25) is 4.68 Å². The lowest BCUT2D eigenvalue weighted by Crippen LogP contribution is -1.89. The van der Waals surface area contributed by atoms with E-state index in [1.165, 1.54) is 5.39 Å². The van der Waals surface area contributed by atoms with Gasteiger partial charge in [-0.2, -0.15) is 5.10 Å². The Morgan fingerprint density at radius 3 is 2.53 bits per heavy atom. The Kier molecular flexibility index (Phi) is 2.48. The van der Waals surface area contributed by atoms with Crippen LogP contribution in [0.15, 0.2) is 53.0 Å². The molecule has 3 rings (SSSR count). The third-order valence-electron chi connectivity index (χ3n) is 2.87. The molecule has 0 aliphatic rings. The fourth-order valence-corrected chi connectivity index (χ4v) is 2.61. The van der Waals surface area contributed by atoms with E-state index >= 15 is 0 Å². The van der Waals surface area contributed by atoms with Gasteiger partial charge in [-0.15, -0.1) is 0 Å². The van der Waals surface area contributed by atoms with Crippen LogP contribution in [0.2, 0.25) is 0 Å². The van der Waals surface area contributed by atoms with Crippen molar-refractivity contribution < 1.29 is 0 Å². The fraction of sp³-hybridized carbons (Fsp3) is 0.0714. The summed E-state index contributed by atoms with van der Waals surface area (Å²) in [6, 6.07) is 16.4. The van der Waals surface area contributed by atoms with E-state index in [1.54, 1.807) is 0 Å². The van der Waals surface area contributed by atoms with Crippen molar-refractivity contribution in [2.24, 2.45) is 7.05 Å². The van der Waals surface area contributed by atoms with Gasteiger partial charge < -0.3 is 0 Å². The molecule has 0 atom stereocenters. The lowest BCUT2D eigenvalue weighted by molar-refractivity contribution is 0.800. The van der Waals surface area contributed by atoms with E-state index < -0.39 is 0 Å². The van der Waals surface area contributed by atoms with E-state index in [9.17, 15) is 0 Å². The molecule has 17 heavy (non-hydrogen) atoms. The van der Waals surface area contributed by atoms with Crippen molar-refractivity contribution in [2.45, 2.75) is 0 Å². The van der Waals surface area contributed by atoms with Gasteiger partial charge >= 0.3 is 0 Å². The number of aromatic nitrogens is 2. The van der Waals surface area contributed by atoms with Crippen LogP contribution >= 0.6 is 15.9 Å². The highest BCUT2D eigenvalue weighted by Crippen LogP contribution is 2.32. The number of benzene rings is 2. The van der Waals surface area contributed by atoms with E-state index in [4.69, 9.17) is 0 Å². The van der Waals surface area contributed by atoms with Crippen LogP contribution in [0.4, 0.5) is 0 Å². The topological polar surface area (TPSA) is 17.8 Å². The maximum Gasteiger partial charge on any atom is 0.101 e. The van der Waals surface area contributed by atoms with Crippen LogP contribution in [0.3, 0.4) is 0 Å². The first-order valence-corrected chi connectivity index (χ1v) is 6.23. The van der Waals surface area contributed by atoms with Gasteiger partial charge in [-0.05, 0) is 12.1 Å². The number of hydrogen-bond donors (Lipinski definition) is 0. The number of rotatable bonds is 1. The lowest BCUT2D eigenvalue weighted by atomic mass is 10.1. The lowest BCUT2D eigenvalue weighted by Gasteiger charge is -1.98. The predicted octanol–water partition coefficient (Wildman–Crippen LogP) is 4.00. The zero-order chi connectivity index (χ0) is 11.8. The van der Waals surface area contributed by atoms with Crippen LogP contribution in [0.1, 0.15) is 0 Å². The van der Waals surface area contributed by atoms with Gasteiger partial charge in [0.2, 0.25) is 0 Å². The molecule has 0 aliphatic carbocycles. The monoisotopic (exact) mass is 286 g/mol. The van der Waals surface area contributed by atoms with Crippen LogP contribution in [0, 0.1) is 0 Å². The molecule has 3 aromatic rings. The Morgan fingerprint density at radius 2 is 1.76 bits per heavy atom. The molecular formula is C14H11BrN2. The van der Waals surface area contributed by atoms with E-state index in [0.717, 1.165) is 21.2 Å². The van der Waals surface area contributed by atoms with Crippen molar-refractivity contribution in [2.75, 3.05) is 0 Å². The summed E-state index contributed by atoms with van der Waals surface area (Å²) >= 11 is 3.60. The Bertz CT molecular complexity index is 671. The third kappa shape index (κ3) is 1.67. The zero-order valence-corrected chi connectivity index (χ0v) is 11.0. The van der Waals surface area contributed by atoms with Gasteiger partial charge in [0.25, 0.3) is 0 Å². The highest BCUT2D eigenvalue weighted by atomic mass is 79.9. The Hall–Kier alpha value is -1.61. The Balaban J connectivity index is 2.38. The van der Waals surface area contributed by atoms with Crippen molar-refractivity contribution in [1.29, 1.82) is 0 Å². The quantitative estimate of drug-likeness (QED) is 0.661. The first-order valence-electron chi connectivity index (χ1n) is 5.44. The maximum atomic E-state index is 4.61. The van der Waals surface area contributed by atoms with Gasteiger partial charge in [-0.1, -0.05) is 52.3 Å². The van der Waals surface area contributed by atoms with E-state index in [2.05, 4.69) is 45.3 Å². The van der Waals surface area contributed by atoms with Gasteiger partial charge in [0, 0.05) is 22.5 Å². The van der Waals surface area contributed by atoms with Gasteiger partial charge in [-0.25, -0.2) is 0 Å². The number of aryl methyl sites for hydroxylation is 1. The molecule has 84 valence electrons. The summed E-state index contributed by atoms with van der Waals surface area (Å²) in [4.78, 5) is 0. The van der Waals surface area contributed by atoms with Gasteiger partial charge in [0.15, 0.2) is 0 Å². The first kappa shape index (κ1) is 10.5. The maximum absolute atomic E-state index is 4.61. The van der Waals surface area contributed by atoms with Crippen LogP contribution in [-0.4, -0.2) is 9.78 Å². The minimum absolute atomic E-state index is 1.02. The smallest absolute Gasteiger partial charge is 0.101 e. The molecule has 2 nitrogen and oxygen atoms in total. The average molecular weight is 287 g/mol. The molecule has 0 aliphatic heterocycles. The van der Waals surface area contributed by atoms with Gasteiger partial charge in [0.1, 0.15) is 5.69 Å². The summed E-state index contributed by atoms with van der Waals surface area (Å²) in [5.74, 6) is 0. The SMILES string of the molecule is Cn1nc(-c2ccccc2)c2c(Br)cccc21. The van der Waals surface area contributed by atoms with Crippen LogP contribution in [0.25, 0.3) is 22.2 Å². The molecule has 1 aromatic heterocycles. The van der Waals surface area contributed by atoms with Crippen molar-refractivity contribution in [3.05, 3.63) is 53.0 Å². The highest BCUT2D eigenvalue weighted by Gasteiger charge is 2.12. The van der Waals surface area contributed by atoms with Crippen molar-refractivity contribution in [3.63, 3.8) is 0 Å². The minimum atomic E-state index is 1.02. The van der Waals surface area contributed by atoms with Gasteiger partial charge in [0.05, 0.1) is 5.52 Å². The Morgan fingerprint density at radius 1 is 1.00 bits per heavy atom. The normalized spacial score (nSPS) is 10.9. The molecule has 2 aromatic carbocycles. The average Bonchev–Trinajstić information content (AvgIpc) is 2.70. The molecule has 0 fully saturated rings. The second-order valence-electron chi connectivity index (χ2n) is 3.97. The summed E-state index contributed by atoms with van der Waals surface area (Å²) in [6.07, 6.45) is 0. The van der Waals surface area contributed by atoms with Crippen LogP contribution in [0.5, 0.6) is 0 Å².